The molecule has 2 unspecified atom stereocenters. The van der Waals surface area contributed by atoms with Crippen LogP contribution in [-0.2, 0) is 9.59 Å². The zero-order valence-corrected chi connectivity index (χ0v) is 14.3. The van der Waals surface area contributed by atoms with Crippen molar-refractivity contribution in [3.05, 3.63) is 29.8 Å². The number of rotatable bonds is 5. The standard InChI is InChI=1S/C17H21F3N2O3/c1-11(13-6-4-5-7-14(13)25-3)21(2)16(24)12-8-15(23)22(9-12)10-17(18,19)20/h4-7,11-12H,8-10H2,1-3H3. The Morgan fingerprint density at radius 3 is 2.64 bits per heavy atom. The number of likely N-dealkylation sites (tertiary alicyclic amines) is 1. The summed E-state index contributed by atoms with van der Waals surface area (Å²) in [6, 6.07) is 6.88. The third-order valence-electron chi connectivity index (χ3n) is 4.45. The number of hydrogen-bond acceptors (Lipinski definition) is 3. The van der Waals surface area contributed by atoms with Gasteiger partial charge in [-0.3, -0.25) is 9.59 Å². The molecule has 0 spiro atoms. The van der Waals surface area contributed by atoms with Crippen LogP contribution in [0.5, 0.6) is 5.75 Å². The van der Waals surface area contributed by atoms with E-state index in [2.05, 4.69) is 0 Å². The van der Waals surface area contributed by atoms with E-state index in [1.807, 2.05) is 18.2 Å². The number of ether oxygens (including phenoxy) is 1. The van der Waals surface area contributed by atoms with Crippen molar-refractivity contribution in [2.45, 2.75) is 25.6 Å². The van der Waals surface area contributed by atoms with E-state index in [-0.39, 0.29) is 24.9 Å². The smallest absolute Gasteiger partial charge is 0.406 e. The van der Waals surface area contributed by atoms with Crippen molar-refractivity contribution in [2.75, 3.05) is 27.2 Å². The lowest BCUT2D eigenvalue weighted by Crippen LogP contribution is -2.38. The normalized spacial score (nSPS) is 19.0. The molecule has 0 saturated carbocycles. The van der Waals surface area contributed by atoms with E-state index in [9.17, 15) is 22.8 Å². The summed E-state index contributed by atoms with van der Waals surface area (Å²) in [7, 11) is 3.11. The van der Waals surface area contributed by atoms with Crippen molar-refractivity contribution in [1.29, 1.82) is 0 Å². The molecule has 0 N–H and O–H groups in total. The minimum atomic E-state index is -4.47. The van der Waals surface area contributed by atoms with Crippen molar-refractivity contribution >= 4 is 11.8 Å². The first-order chi connectivity index (χ1) is 11.6. The highest BCUT2D eigenvalue weighted by Gasteiger charge is 2.41. The molecule has 2 amide bonds. The van der Waals surface area contributed by atoms with Crippen LogP contribution in [0, 0.1) is 5.92 Å². The van der Waals surface area contributed by atoms with E-state index < -0.39 is 24.5 Å². The van der Waals surface area contributed by atoms with E-state index in [1.54, 1.807) is 20.0 Å². The average Bonchev–Trinajstić information content (AvgIpc) is 2.91. The zero-order chi connectivity index (χ0) is 18.8. The fraction of sp³-hybridized carbons (Fsp3) is 0.529. The van der Waals surface area contributed by atoms with Crippen LogP contribution in [0.1, 0.15) is 24.9 Å². The molecule has 138 valence electrons. The van der Waals surface area contributed by atoms with Gasteiger partial charge >= 0.3 is 6.18 Å². The highest BCUT2D eigenvalue weighted by molar-refractivity contribution is 5.89. The number of carbonyl (C=O) groups is 2. The fourth-order valence-electron chi connectivity index (χ4n) is 3.01. The number of hydrogen-bond donors (Lipinski definition) is 0. The van der Waals surface area contributed by atoms with Crippen LogP contribution in [0.2, 0.25) is 0 Å². The Labute approximate surface area is 144 Å². The number of alkyl halides is 3. The third-order valence-corrected chi connectivity index (χ3v) is 4.45. The minimum Gasteiger partial charge on any atom is -0.496 e. The molecular weight excluding hydrogens is 337 g/mol. The Morgan fingerprint density at radius 2 is 2.04 bits per heavy atom. The van der Waals surface area contributed by atoms with Crippen LogP contribution in [-0.4, -0.2) is 55.0 Å². The van der Waals surface area contributed by atoms with E-state index >= 15 is 0 Å². The van der Waals surface area contributed by atoms with Crippen LogP contribution in [0.3, 0.4) is 0 Å². The molecule has 1 aromatic rings. The fourth-order valence-corrected chi connectivity index (χ4v) is 3.01. The van der Waals surface area contributed by atoms with Crippen LogP contribution < -0.4 is 4.74 Å². The summed E-state index contributed by atoms with van der Waals surface area (Å²) in [5.41, 5.74) is 0.789. The summed E-state index contributed by atoms with van der Waals surface area (Å²) >= 11 is 0. The Balaban J connectivity index is 2.08. The van der Waals surface area contributed by atoms with Gasteiger partial charge < -0.3 is 14.5 Å². The summed E-state index contributed by atoms with van der Waals surface area (Å²) in [5.74, 6) is -1.14. The largest absolute Gasteiger partial charge is 0.496 e. The van der Waals surface area contributed by atoms with Gasteiger partial charge in [0.1, 0.15) is 12.3 Å². The molecule has 0 bridgehead atoms. The molecule has 5 nitrogen and oxygen atoms in total. The number of para-hydroxylation sites is 1. The molecule has 1 fully saturated rings. The molecule has 8 heteroatoms. The maximum Gasteiger partial charge on any atom is 0.406 e. The molecule has 0 aliphatic carbocycles. The quantitative estimate of drug-likeness (QED) is 0.813. The lowest BCUT2D eigenvalue weighted by molar-refractivity contribution is -0.157. The Morgan fingerprint density at radius 1 is 1.40 bits per heavy atom. The van der Waals surface area contributed by atoms with Gasteiger partial charge in [-0.25, -0.2) is 0 Å². The summed E-state index contributed by atoms with van der Waals surface area (Å²) in [6.07, 6.45) is -4.66. The van der Waals surface area contributed by atoms with E-state index in [4.69, 9.17) is 4.74 Å². The second-order valence-corrected chi connectivity index (χ2v) is 6.16. The van der Waals surface area contributed by atoms with Gasteiger partial charge in [-0.1, -0.05) is 18.2 Å². The lowest BCUT2D eigenvalue weighted by atomic mass is 10.0. The van der Waals surface area contributed by atoms with Gasteiger partial charge in [0.15, 0.2) is 0 Å². The van der Waals surface area contributed by atoms with Gasteiger partial charge in [0, 0.05) is 25.6 Å². The van der Waals surface area contributed by atoms with E-state index in [0.717, 1.165) is 5.56 Å². The highest BCUT2D eigenvalue weighted by Crippen LogP contribution is 2.31. The van der Waals surface area contributed by atoms with Crippen LogP contribution >= 0.6 is 0 Å². The number of halogens is 3. The first-order valence-corrected chi connectivity index (χ1v) is 7.88. The summed E-state index contributed by atoms with van der Waals surface area (Å²) in [6.45, 7) is 0.279. The van der Waals surface area contributed by atoms with Gasteiger partial charge in [-0.15, -0.1) is 0 Å². The van der Waals surface area contributed by atoms with Gasteiger partial charge in [-0.2, -0.15) is 13.2 Å². The van der Waals surface area contributed by atoms with Crippen molar-refractivity contribution in [1.82, 2.24) is 9.80 Å². The molecule has 1 heterocycles. The number of methoxy groups -OCH3 is 1. The first kappa shape index (κ1) is 19.1. The maximum atomic E-state index is 12.6. The molecule has 2 rings (SSSR count). The average molecular weight is 358 g/mol. The molecule has 25 heavy (non-hydrogen) atoms. The molecule has 1 saturated heterocycles. The van der Waals surface area contributed by atoms with Crippen molar-refractivity contribution in [3.63, 3.8) is 0 Å². The Hall–Kier alpha value is -2.25. The van der Waals surface area contributed by atoms with Crippen LogP contribution in [0.25, 0.3) is 0 Å². The summed E-state index contributed by atoms with van der Waals surface area (Å²) < 4.78 is 42.8. The SMILES string of the molecule is COc1ccccc1C(C)N(C)C(=O)C1CC(=O)N(CC(F)(F)F)C1. The van der Waals surface area contributed by atoms with Crippen LogP contribution in [0.4, 0.5) is 13.2 Å². The number of nitrogens with zero attached hydrogens (tertiary/aromatic N) is 2. The predicted molar refractivity (Wildman–Crippen MR) is 84.9 cm³/mol. The van der Waals surface area contributed by atoms with Gasteiger partial charge in [-0.05, 0) is 13.0 Å². The number of benzene rings is 1. The summed E-state index contributed by atoms with van der Waals surface area (Å²) in [5, 5.41) is 0. The summed E-state index contributed by atoms with van der Waals surface area (Å²) in [4.78, 5) is 26.6. The molecule has 2 atom stereocenters. The third kappa shape index (κ3) is 4.43. The van der Waals surface area contributed by atoms with Gasteiger partial charge in [0.05, 0.1) is 19.1 Å². The van der Waals surface area contributed by atoms with Gasteiger partial charge in [0.25, 0.3) is 0 Å². The first-order valence-electron chi connectivity index (χ1n) is 7.88. The van der Waals surface area contributed by atoms with E-state index in [0.29, 0.717) is 10.6 Å². The van der Waals surface area contributed by atoms with E-state index in [1.165, 1.54) is 12.0 Å². The molecule has 1 aliphatic rings. The van der Waals surface area contributed by atoms with Gasteiger partial charge in [0.2, 0.25) is 11.8 Å². The molecule has 0 radical (unpaired) electrons. The second-order valence-electron chi connectivity index (χ2n) is 6.16. The van der Waals surface area contributed by atoms with Crippen LogP contribution in [0.15, 0.2) is 24.3 Å². The Bertz CT molecular complexity index is 648. The number of carbonyl (C=O) groups excluding carboxylic acids is 2. The molecule has 0 aromatic heterocycles. The molecular formula is C17H21F3N2O3. The predicted octanol–water partition coefficient (Wildman–Crippen LogP) is 2.63. The number of amides is 2. The topological polar surface area (TPSA) is 49.9 Å². The monoisotopic (exact) mass is 358 g/mol. The lowest BCUT2D eigenvalue weighted by Gasteiger charge is -2.28. The molecule has 1 aliphatic heterocycles. The Kier molecular flexibility index (Phi) is 5.59. The van der Waals surface area contributed by atoms with Crippen molar-refractivity contribution in [3.8, 4) is 5.75 Å². The molecule has 1 aromatic carbocycles. The van der Waals surface area contributed by atoms with Crippen molar-refractivity contribution in [2.24, 2.45) is 5.92 Å². The zero-order valence-electron chi connectivity index (χ0n) is 14.3. The second kappa shape index (κ2) is 7.33. The minimum absolute atomic E-state index is 0.197. The highest BCUT2D eigenvalue weighted by atomic mass is 19.4. The van der Waals surface area contributed by atoms with Crippen molar-refractivity contribution < 1.29 is 27.5 Å². The maximum absolute atomic E-state index is 12.6.